The molecular weight excluding hydrogens is 474 g/mol. The van der Waals surface area contributed by atoms with Crippen molar-refractivity contribution < 1.29 is 9.59 Å². The number of hydrogen-bond donors (Lipinski definition) is 1. The van der Waals surface area contributed by atoms with Gasteiger partial charge in [-0.3, -0.25) is 4.79 Å². The van der Waals surface area contributed by atoms with Crippen LogP contribution in [0.4, 0.5) is 0 Å². The quantitative estimate of drug-likeness (QED) is 0.454. The van der Waals surface area contributed by atoms with E-state index in [1.807, 2.05) is 19.9 Å². The first-order chi connectivity index (χ1) is 17.7. The summed E-state index contributed by atoms with van der Waals surface area (Å²) in [5.41, 5.74) is -0.957. The van der Waals surface area contributed by atoms with E-state index in [-0.39, 0.29) is 62.2 Å². The molecule has 0 bridgehead atoms. The number of rotatable bonds is 1. The summed E-state index contributed by atoms with van der Waals surface area (Å²) in [7, 11) is 0. The fourth-order valence-corrected chi connectivity index (χ4v) is 11.0. The molecule has 8 atom stereocenters. The van der Waals surface area contributed by atoms with Crippen LogP contribution in [-0.4, -0.2) is 32.2 Å². The Balaban J connectivity index is 1.49. The number of nitrogens with one attached hydrogen (secondary N) is 1. The molecule has 0 saturated heterocycles. The average molecular weight is 518 g/mol. The molecule has 4 fully saturated rings. The molecule has 7 heteroatoms. The number of carbonyl (C=O) groups is 2. The Hall–Kier alpha value is -2.36. The van der Waals surface area contributed by atoms with Crippen molar-refractivity contribution in [1.29, 1.82) is 0 Å². The minimum absolute atomic E-state index is 0.0307. The predicted molar refractivity (Wildman–Crippen MR) is 143 cm³/mol. The van der Waals surface area contributed by atoms with Crippen LogP contribution in [0.3, 0.4) is 0 Å². The SMILES string of the molecule is [C-]#[N+]C1=C[C@]2(C)[C@H]3CC(=O)[C@@H]4[C@@H]5CC(C)(C)CC[C@]5(c5nn[nH]n5)CC[C@@]4(C)[C@]3(C)CC[C@H]2C(C)(C)C1=O. The highest BCUT2D eigenvalue weighted by Gasteiger charge is 2.72. The van der Waals surface area contributed by atoms with Gasteiger partial charge in [-0.05, 0) is 84.4 Å². The lowest BCUT2D eigenvalue weighted by atomic mass is 9.31. The van der Waals surface area contributed by atoms with Crippen molar-refractivity contribution in [1.82, 2.24) is 20.6 Å². The first-order valence-electron chi connectivity index (χ1n) is 14.6. The molecule has 4 saturated carbocycles. The van der Waals surface area contributed by atoms with E-state index in [0.29, 0.717) is 12.2 Å². The van der Waals surface area contributed by atoms with Gasteiger partial charge in [0.2, 0.25) is 5.70 Å². The second-order valence-electron chi connectivity index (χ2n) is 15.6. The number of aromatic nitrogens is 4. The monoisotopic (exact) mass is 517 g/mol. The maximum atomic E-state index is 14.6. The molecule has 6 rings (SSSR count). The number of fused-ring (bicyclic) bond motifs is 7. The van der Waals surface area contributed by atoms with Crippen LogP contribution in [-0.2, 0) is 15.0 Å². The molecule has 38 heavy (non-hydrogen) atoms. The summed E-state index contributed by atoms with van der Waals surface area (Å²) in [5.74, 6) is 1.54. The Morgan fingerprint density at radius 1 is 0.947 bits per heavy atom. The Kier molecular flexibility index (Phi) is 5.20. The Morgan fingerprint density at radius 3 is 2.32 bits per heavy atom. The molecule has 0 spiro atoms. The molecule has 5 aliphatic rings. The molecular formula is C31H43N5O2. The van der Waals surface area contributed by atoms with Crippen molar-refractivity contribution in [3.8, 4) is 0 Å². The number of hydrogen-bond acceptors (Lipinski definition) is 5. The molecule has 0 radical (unpaired) electrons. The maximum Gasteiger partial charge on any atom is 0.226 e. The van der Waals surface area contributed by atoms with Crippen LogP contribution in [0, 0.1) is 57.3 Å². The summed E-state index contributed by atoms with van der Waals surface area (Å²) in [6.07, 6.45) is 9.52. The zero-order chi connectivity index (χ0) is 27.5. The van der Waals surface area contributed by atoms with Crippen molar-refractivity contribution in [2.24, 2.45) is 50.7 Å². The van der Waals surface area contributed by atoms with Crippen LogP contribution in [0.5, 0.6) is 0 Å². The Morgan fingerprint density at radius 2 is 1.66 bits per heavy atom. The number of nitrogens with zero attached hydrogens (tertiary/aromatic N) is 4. The fourth-order valence-electron chi connectivity index (χ4n) is 11.0. The molecule has 1 heterocycles. The van der Waals surface area contributed by atoms with E-state index in [0.717, 1.165) is 50.8 Å². The van der Waals surface area contributed by atoms with Gasteiger partial charge in [0.05, 0.1) is 6.57 Å². The maximum absolute atomic E-state index is 14.6. The van der Waals surface area contributed by atoms with E-state index in [1.54, 1.807) is 0 Å². The van der Waals surface area contributed by atoms with Gasteiger partial charge in [-0.1, -0.05) is 59.8 Å². The predicted octanol–water partition coefficient (Wildman–Crippen LogP) is 6.10. The van der Waals surface area contributed by atoms with Gasteiger partial charge in [0.25, 0.3) is 0 Å². The summed E-state index contributed by atoms with van der Waals surface area (Å²) >= 11 is 0. The number of carbonyl (C=O) groups excluding carboxylic acids is 2. The third-order valence-electron chi connectivity index (χ3n) is 13.2. The number of ketones is 2. The Bertz CT molecular complexity index is 1270. The zero-order valence-electron chi connectivity index (χ0n) is 24.1. The molecule has 1 N–H and O–H groups in total. The lowest BCUT2D eigenvalue weighted by Gasteiger charge is -2.71. The minimum Gasteiger partial charge on any atom is -0.307 e. The van der Waals surface area contributed by atoms with Crippen molar-refractivity contribution >= 4 is 11.6 Å². The van der Waals surface area contributed by atoms with Crippen molar-refractivity contribution in [2.45, 2.75) is 105 Å². The van der Waals surface area contributed by atoms with Gasteiger partial charge in [0.15, 0.2) is 11.6 Å². The Labute approximate surface area is 226 Å². The average Bonchev–Trinajstić information content (AvgIpc) is 3.38. The van der Waals surface area contributed by atoms with Gasteiger partial charge in [-0.2, -0.15) is 5.21 Å². The summed E-state index contributed by atoms with van der Waals surface area (Å²) in [4.78, 5) is 31.6. The number of H-pyrrole nitrogens is 1. The summed E-state index contributed by atoms with van der Waals surface area (Å²) in [6.45, 7) is 23.6. The molecule has 0 unspecified atom stereocenters. The zero-order valence-corrected chi connectivity index (χ0v) is 24.1. The fraction of sp³-hybridized carbons (Fsp3) is 0.806. The highest BCUT2D eigenvalue weighted by molar-refractivity contribution is 6.02. The smallest absolute Gasteiger partial charge is 0.226 e. The van der Waals surface area contributed by atoms with Gasteiger partial charge in [0.1, 0.15) is 5.78 Å². The van der Waals surface area contributed by atoms with Gasteiger partial charge in [-0.15, -0.1) is 10.2 Å². The number of allylic oxidation sites excluding steroid dienone is 2. The molecule has 1 aromatic rings. The van der Waals surface area contributed by atoms with E-state index in [9.17, 15) is 9.59 Å². The first kappa shape index (κ1) is 25.9. The standard InChI is InChI=1S/C31H43N5O2/c1-26(2)11-13-31(25-33-35-36-34-25)14-12-30(7)23(18(31)16-26)20(37)15-22-28(5)17-19(32-8)24(38)27(3,4)21(28)9-10-29(22,30)6/h17-18,21-23H,9-16H2,1-7H3,(H,33,34,35,36)/t18-,21-,22+,23-,28-,29+,30+,31-/m0/s1. The molecule has 204 valence electrons. The van der Waals surface area contributed by atoms with Crippen LogP contribution in [0.15, 0.2) is 11.8 Å². The van der Waals surface area contributed by atoms with Crippen molar-refractivity contribution in [3.05, 3.63) is 29.0 Å². The van der Waals surface area contributed by atoms with Crippen LogP contribution >= 0.6 is 0 Å². The first-order valence-corrected chi connectivity index (χ1v) is 14.6. The van der Waals surface area contributed by atoms with Crippen LogP contribution in [0.2, 0.25) is 0 Å². The summed E-state index contributed by atoms with van der Waals surface area (Å²) in [5, 5.41) is 15.7. The van der Waals surface area contributed by atoms with Crippen LogP contribution in [0.25, 0.3) is 4.85 Å². The van der Waals surface area contributed by atoms with Gasteiger partial charge in [-0.25, -0.2) is 4.85 Å². The van der Waals surface area contributed by atoms with Gasteiger partial charge in [0, 0.05) is 23.2 Å². The topological polar surface area (TPSA) is 93.0 Å². The highest BCUT2D eigenvalue weighted by atomic mass is 16.1. The van der Waals surface area contributed by atoms with Gasteiger partial charge >= 0.3 is 0 Å². The lowest BCUT2D eigenvalue weighted by molar-refractivity contribution is -0.214. The normalized spacial score (nSPS) is 47.1. The van der Waals surface area contributed by atoms with E-state index >= 15 is 0 Å². The molecule has 0 aromatic carbocycles. The van der Waals surface area contributed by atoms with E-state index in [1.165, 1.54) is 0 Å². The third-order valence-corrected chi connectivity index (χ3v) is 13.2. The van der Waals surface area contributed by atoms with Gasteiger partial charge < -0.3 is 4.79 Å². The van der Waals surface area contributed by atoms with E-state index < -0.39 is 5.41 Å². The van der Waals surface area contributed by atoms with E-state index in [2.05, 4.69) is 60.1 Å². The second-order valence-corrected chi connectivity index (χ2v) is 15.6. The number of aromatic amines is 1. The molecule has 5 aliphatic carbocycles. The third kappa shape index (κ3) is 2.98. The number of tetrazole rings is 1. The number of Topliss-reactive ketones (excluding diaryl/α,β-unsaturated/α-hetero) is 2. The lowest BCUT2D eigenvalue weighted by Crippen LogP contribution is -2.69. The highest BCUT2D eigenvalue weighted by Crippen LogP contribution is 2.75. The summed E-state index contributed by atoms with van der Waals surface area (Å²) < 4.78 is 0. The van der Waals surface area contributed by atoms with Crippen molar-refractivity contribution in [3.63, 3.8) is 0 Å². The largest absolute Gasteiger partial charge is 0.307 e. The summed E-state index contributed by atoms with van der Waals surface area (Å²) in [6, 6.07) is 0. The molecule has 1 aromatic heterocycles. The molecule has 0 aliphatic heterocycles. The van der Waals surface area contributed by atoms with Crippen LogP contribution < -0.4 is 0 Å². The molecule has 7 nitrogen and oxygen atoms in total. The van der Waals surface area contributed by atoms with E-state index in [4.69, 9.17) is 6.57 Å². The minimum atomic E-state index is -0.598. The van der Waals surface area contributed by atoms with Crippen LogP contribution in [0.1, 0.15) is 106 Å². The molecule has 0 amide bonds. The second kappa shape index (κ2) is 7.64. The van der Waals surface area contributed by atoms with Crippen molar-refractivity contribution in [2.75, 3.05) is 0 Å².